The van der Waals surface area contributed by atoms with Crippen LogP contribution in [-0.2, 0) is 17.6 Å². The number of carbonyl (C=O) groups excluding carboxylic acids is 2. The molecular formula is C20H18FN3O2S. The summed E-state index contributed by atoms with van der Waals surface area (Å²) in [6, 6.07) is 13.8. The first-order valence-corrected chi connectivity index (χ1v) is 9.31. The number of hydrazine groups is 1. The number of aromatic nitrogens is 1. The van der Waals surface area contributed by atoms with Crippen LogP contribution < -0.4 is 10.9 Å². The highest BCUT2D eigenvalue weighted by molar-refractivity contribution is 7.13. The number of nitrogens with one attached hydrogen (secondary N) is 2. The Morgan fingerprint density at radius 2 is 1.85 bits per heavy atom. The van der Waals surface area contributed by atoms with Gasteiger partial charge in [0.1, 0.15) is 16.5 Å². The first-order valence-electron chi connectivity index (χ1n) is 8.43. The van der Waals surface area contributed by atoms with E-state index in [0.29, 0.717) is 5.56 Å². The molecular weight excluding hydrogens is 365 g/mol. The molecule has 5 nitrogen and oxygen atoms in total. The second kappa shape index (κ2) is 8.55. The lowest BCUT2D eigenvalue weighted by molar-refractivity contribution is -0.121. The molecule has 0 spiro atoms. The molecule has 1 heterocycles. The van der Waals surface area contributed by atoms with Crippen LogP contribution in [0.5, 0.6) is 0 Å². The molecule has 0 aliphatic carbocycles. The minimum absolute atomic E-state index is 0.0376. The maximum Gasteiger partial charge on any atom is 0.289 e. The van der Waals surface area contributed by atoms with Gasteiger partial charge in [0.05, 0.1) is 6.42 Å². The summed E-state index contributed by atoms with van der Waals surface area (Å²) in [5, 5.41) is 2.37. The van der Waals surface area contributed by atoms with Gasteiger partial charge in [0.25, 0.3) is 5.91 Å². The van der Waals surface area contributed by atoms with Crippen molar-refractivity contribution in [3.63, 3.8) is 0 Å². The number of halogens is 1. The van der Waals surface area contributed by atoms with Crippen molar-refractivity contribution < 1.29 is 14.0 Å². The van der Waals surface area contributed by atoms with E-state index in [2.05, 4.69) is 22.8 Å². The Balaban J connectivity index is 1.56. The molecule has 0 radical (unpaired) electrons. The van der Waals surface area contributed by atoms with Gasteiger partial charge in [0.2, 0.25) is 5.91 Å². The molecule has 3 rings (SSSR count). The van der Waals surface area contributed by atoms with Crippen molar-refractivity contribution in [2.75, 3.05) is 0 Å². The van der Waals surface area contributed by atoms with Crippen LogP contribution in [0.25, 0.3) is 10.6 Å². The van der Waals surface area contributed by atoms with Crippen molar-refractivity contribution in [2.24, 2.45) is 0 Å². The molecule has 0 aliphatic heterocycles. The standard InChI is InChI=1S/C20H18FN3O2S/c1-2-13-6-8-15(9-7-13)20-22-17(12-27-20)19(26)24-23-18(25)11-14-4-3-5-16(21)10-14/h3-10,12H,2,11H2,1H3,(H,23,25)(H,24,26). The van der Waals surface area contributed by atoms with Gasteiger partial charge in [-0.15, -0.1) is 11.3 Å². The Hall–Kier alpha value is -3.06. The zero-order chi connectivity index (χ0) is 19.2. The second-order valence-electron chi connectivity index (χ2n) is 5.90. The normalized spacial score (nSPS) is 10.4. The largest absolute Gasteiger partial charge is 0.289 e. The number of aryl methyl sites for hydroxylation is 1. The van der Waals surface area contributed by atoms with E-state index in [9.17, 15) is 14.0 Å². The number of hydrogen-bond donors (Lipinski definition) is 2. The van der Waals surface area contributed by atoms with Crippen LogP contribution in [0.2, 0.25) is 0 Å². The highest BCUT2D eigenvalue weighted by Gasteiger charge is 2.13. The van der Waals surface area contributed by atoms with Gasteiger partial charge in [0, 0.05) is 10.9 Å². The summed E-state index contributed by atoms with van der Waals surface area (Å²) in [7, 11) is 0. The lowest BCUT2D eigenvalue weighted by Crippen LogP contribution is -2.42. The summed E-state index contributed by atoms with van der Waals surface area (Å²) in [5.74, 6) is -1.36. The van der Waals surface area contributed by atoms with E-state index in [1.165, 1.54) is 35.1 Å². The minimum Gasteiger partial charge on any atom is -0.273 e. The number of benzene rings is 2. The molecule has 0 aliphatic rings. The molecule has 0 atom stereocenters. The van der Waals surface area contributed by atoms with E-state index in [0.717, 1.165) is 17.0 Å². The predicted molar refractivity (Wildman–Crippen MR) is 103 cm³/mol. The minimum atomic E-state index is -0.504. The highest BCUT2D eigenvalue weighted by atomic mass is 32.1. The molecule has 2 amide bonds. The summed E-state index contributed by atoms with van der Waals surface area (Å²) >= 11 is 1.36. The molecule has 7 heteroatoms. The Kier molecular flexibility index (Phi) is 5.93. The van der Waals surface area contributed by atoms with Gasteiger partial charge in [-0.1, -0.05) is 43.3 Å². The maximum atomic E-state index is 13.1. The smallest absolute Gasteiger partial charge is 0.273 e. The summed E-state index contributed by atoms with van der Waals surface area (Å²) in [6.45, 7) is 2.09. The van der Waals surface area contributed by atoms with Crippen LogP contribution in [0.3, 0.4) is 0 Å². The van der Waals surface area contributed by atoms with Crippen LogP contribution in [-0.4, -0.2) is 16.8 Å². The summed E-state index contributed by atoms with van der Waals surface area (Å²) in [6.07, 6.45) is 0.922. The average molecular weight is 383 g/mol. The number of hydrogen-bond acceptors (Lipinski definition) is 4. The van der Waals surface area contributed by atoms with Gasteiger partial charge in [-0.3, -0.25) is 20.4 Å². The van der Waals surface area contributed by atoms with E-state index >= 15 is 0 Å². The van der Waals surface area contributed by atoms with Gasteiger partial charge >= 0.3 is 0 Å². The van der Waals surface area contributed by atoms with E-state index in [4.69, 9.17) is 0 Å². The molecule has 2 N–H and O–H groups in total. The SMILES string of the molecule is CCc1ccc(-c2nc(C(=O)NNC(=O)Cc3cccc(F)c3)cs2)cc1. The maximum absolute atomic E-state index is 13.1. The van der Waals surface area contributed by atoms with Crippen molar-refractivity contribution in [3.8, 4) is 10.6 Å². The summed E-state index contributed by atoms with van der Waals surface area (Å²) in [5.41, 5.74) is 7.56. The van der Waals surface area contributed by atoms with Crippen molar-refractivity contribution in [2.45, 2.75) is 19.8 Å². The van der Waals surface area contributed by atoms with E-state index < -0.39 is 17.6 Å². The Labute approximate surface area is 160 Å². The van der Waals surface area contributed by atoms with Crippen LogP contribution in [0.4, 0.5) is 4.39 Å². The fraction of sp³-hybridized carbons (Fsp3) is 0.150. The zero-order valence-electron chi connectivity index (χ0n) is 14.7. The van der Waals surface area contributed by atoms with Gasteiger partial charge in [-0.2, -0.15) is 0 Å². The van der Waals surface area contributed by atoms with Crippen molar-refractivity contribution in [1.82, 2.24) is 15.8 Å². The third-order valence-corrected chi connectivity index (χ3v) is 4.81. The number of nitrogens with zero attached hydrogens (tertiary/aromatic N) is 1. The average Bonchev–Trinajstić information content (AvgIpc) is 3.16. The molecule has 138 valence electrons. The van der Waals surface area contributed by atoms with E-state index in [-0.39, 0.29) is 12.1 Å². The topological polar surface area (TPSA) is 71.1 Å². The molecule has 0 bridgehead atoms. The third-order valence-electron chi connectivity index (χ3n) is 3.92. The van der Waals surface area contributed by atoms with Gasteiger partial charge < -0.3 is 0 Å². The van der Waals surface area contributed by atoms with Gasteiger partial charge in [-0.05, 0) is 29.7 Å². The van der Waals surface area contributed by atoms with Gasteiger partial charge in [0.15, 0.2) is 0 Å². The van der Waals surface area contributed by atoms with E-state index in [1.54, 1.807) is 11.4 Å². The molecule has 1 aromatic heterocycles. The van der Waals surface area contributed by atoms with Crippen LogP contribution in [0.15, 0.2) is 53.9 Å². The predicted octanol–water partition coefficient (Wildman–Crippen LogP) is 3.52. The molecule has 0 unspecified atom stereocenters. The van der Waals surface area contributed by atoms with Gasteiger partial charge in [-0.25, -0.2) is 9.37 Å². The fourth-order valence-electron chi connectivity index (χ4n) is 2.46. The quantitative estimate of drug-likeness (QED) is 0.663. The zero-order valence-corrected chi connectivity index (χ0v) is 15.5. The van der Waals surface area contributed by atoms with Crippen LogP contribution in [0, 0.1) is 5.82 Å². The first-order chi connectivity index (χ1) is 13.0. The number of rotatable bonds is 5. The summed E-state index contributed by atoms with van der Waals surface area (Å²) < 4.78 is 13.1. The monoisotopic (exact) mass is 383 g/mol. The fourth-order valence-corrected chi connectivity index (χ4v) is 3.27. The summed E-state index contributed by atoms with van der Waals surface area (Å²) in [4.78, 5) is 28.4. The molecule has 0 saturated heterocycles. The number of carbonyl (C=O) groups is 2. The molecule has 2 aromatic carbocycles. The van der Waals surface area contributed by atoms with Crippen LogP contribution >= 0.6 is 11.3 Å². The highest BCUT2D eigenvalue weighted by Crippen LogP contribution is 2.24. The van der Waals surface area contributed by atoms with E-state index in [1.807, 2.05) is 24.3 Å². The van der Waals surface area contributed by atoms with Crippen LogP contribution in [0.1, 0.15) is 28.5 Å². The van der Waals surface area contributed by atoms with Crippen molar-refractivity contribution in [3.05, 3.63) is 76.5 Å². The second-order valence-corrected chi connectivity index (χ2v) is 6.76. The van der Waals surface area contributed by atoms with Crippen molar-refractivity contribution >= 4 is 23.2 Å². The Morgan fingerprint density at radius 3 is 2.56 bits per heavy atom. The first kappa shape index (κ1) is 18.7. The lowest BCUT2D eigenvalue weighted by Gasteiger charge is -2.06. The molecule has 27 heavy (non-hydrogen) atoms. The molecule has 0 fully saturated rings. The molecule has 3 aromatic rings. The third kappa shape index (κ3) is 4.98. The Bertz CT molecular complexity index is 954. The number of amides is 2. The lowest BCUT2D eigenvalue weighted by atomic mass is 10.1. The number of thiazole rings is 1. The molecule has 0 saturated carbocycles. The van der Waals surface area contributed by atoms with Crippen molar-refractivity contribution in [1.29, 1.82) is 0 Å². The Morgan fingerprint density at radius 1 is 1.07 bits per heavy atom.